The number of nitrogens with one attached hydrogen (secondary N) is 3. The Morgan fingerprint density at radius 2 is 1.90 bits per heavy atom. The molecule has 116 valence electrons. The van der Waals surface area contributed by atoms with E-state index < -0.39 is 6.61 Å². The maximum absolute atomic E-state index is 12.0. The molecule has 1 aromatic carbocycles. The molecule has 0 bridgehead atoms. The van der Waals surface area contributed by atoms with E-state index in [0.717, 1.165) is 26.2 Å². The van der Waals surface area contributed by atoms with Crippen molar-refractivity contribution in [3.05, 3.63) is 24.3 Å². The fraction of sp³-hybridized carbons (Fsp3) is 0.462. The second-order valence-electron chi connectivity index (χ2n) is 4.91. The number of hydrazine groups is 1. The Labute approximate surface area is 127 Å². The number of halogens is 2. The van der Waals surface area contributed by atoms with Gasteiger partial charge in [0.25, 0.3) is 0 Å². The molecule has 0 aromatic heterocycles. The second-order valence-corrected chi connectivity index (χ2v) is 5.32. The lowest BCUT2D eigenvalue weighted by Crippen LogP contribution is -3.12. The van der Waals surface area contributed by atoms with E-state index in [-0.39, 0.29) is 5.75 Å². The highest BCUT2D eigenvalue weighted by Crippen LogP contribution is 2.17. The first-order chi connectivity index (χ1) is 10.0. The van der Waals surface area contributed by atoms with Gasteiger partial charge in [-0.25, -0.2) is 5.01 Å². The standard InChI is InChI=1S/C13H18F2N4OS/c1-18-6-8-19(9-7-18)17-13(21)16-10-2-4-11(5-3-10)20-12(14)15/h2-5,12H,6-9H2,1H3,(H2,16,17,21)/p+1. The summed E-state index contributed by atoms with van der Waals surface area (Å²) in [5.41, 5.74) is 3.84. The van der Waals surface area contributed by atoms with Crippen molar-refractivity contribution in [3.63, 3.8) is 0 Å². The molecule has 1 aliphatic rings. The number of nitrogens with zero attached hydrogens (tertiary/aromatic N) is 1. The van der Waals surface area contributed by atoms with E-state index in [2.05, 4.69) is 27.5 Å². The van der Waals surface area contributed by atoms with Gasteiger partial charge < -0.3 is 15.0 Å². The lowest BCUT2D eigenvalue weighted by atomic mass is 10.3. The summed E-state index contributed by atoms with van der Waals surface area (Å²) in [5, 5.41) is 5.56. The highest BCUT2D eigenvalue weighted by atomic mass is 32.1. The molecule has 0 spiro atoms. The minimum Gasteiger partial charge on any atom is -0.435 e. The molecule has 8 heteroatoms. The number of hydrogen-bond donors (Lipinski definition) is 3. The van der Waals surface area contributed by atoms with Crippen LogP contribution < -0.4 is 20.4 Å². The normalized spacial score (nSPS) is 16.8. The van der Waals surface area contributed by atoms with Gasteiger partial charge in [-0.3, -0.25) is 5.43 Å². The van der Waals surface area contributed by atoms with Crippen LogP contribution in [0.4, 0.5) is 14.5 Å². The number of piperazine rings is 1. The first-order valence-electron chi connectivity index (χ1n) is 6.71. The van der Waals surface area contributed by atoms with E-state index in [1.807, 2.05) is 0 Å². The molecule has 0 amide bonds. The van der Waals surface area contributed by atoms with E-state index >= 15 is 0 Å². The zero-order chi connectivity index (χ0) is 15.2. The molecule has 0 aliphatic carbocycles. The Bertz CT molecular complexity index is 464. The molecular formula is C13H19F2N4OS+. The van der Waals surface area contributed by atoms with Crippen molar-refractivity contribution in [1.82, 2.24) is 10.4 Å². The van der Waals surface area contributed by atoms with Gasteiger partial charge in [0.2, 0.25) is 0 Å². The zero-order valence-electron chi connectivity index (χ0n) is 11.7. The molecule has 0 unspecified atom stereocenters. The minimum absolute atomic E-state index is 0.122. The van der Waals surface area contributed by atoms with Crippen molar-refractivity contribution in [2.24, 2.45) is 0 Å². The quantitative estimate of drug-likeness (QED) is 0.698. The number of alkyl halides is 2. The number of thiocarbonyl (C=S) groups is 1. The molecule has 5 nitrogen and oxygen atoms in total. The summed E-state index contributed by atoms with van der Waals surface area (Å²) in [6.07, 6.45) is 0. The highest BCUT2D eigenvalue weighted by Gasteiger charge is 2.16. The van der Waals surface area contributed by atoms with Crippen LogP contribution >= 0.6 is 12.2 Å². The van der Waals surface area contributed by atoms with E-state index in [1.54, 1.807) is 12.1 Å². The van der Waals surface area contributed by atoms with Gasteiger partial charge in [0.1, 0.15) is 5.75 Å². The van der Waals surface area contributed by atoms with Crippen LogP contribution in [0.25, 0.3) is 0 Å². The Morgan fingerprint density at radius 1 is 1.29 bits per heavy atom. The molecule has 21 heavy (non-hydrogen) atoms. The van der Waals surface area contributed by atoms with Gasteiger partial charge in [0, 0.05) is 5.69 Å². The Morgan fingerprint density at radius 3 is 2.48 bits per heavy atom. The first kappa shape index (κ1) is 15.9. The van der Waals surface area contributed by atoms with Gasteiger partial charge >= 0.3 is 6.61 Å². The fourth-order valence-corrected chi connectivity index (χ4v) is 2.27. The van der Waals surface area contributed by atoms with Crippen molar-refractivity contribution in [2.45, 2.75) is 6.61 Å². The van der Waals surface area contributed by atoms with Crippen molar-refractivity contribution in [1.29, 1.82) is 0 Å². The summed E-state index contributed by atoms with van der Waals surface area (Å²) in [4.78, 5) is 1.50. The lowest BCUT2D eigenvalue weighted by molar-refractivity contribution is -0.884. The summed E-state index contributed by atoms with van der Waals surface area (Å²) >= 11 is 5.23. The largest absolute Gasteiger partial charge is 0.435 e. The third kappa shape index (κ3) is 5.41. The van der Waals surface area contributed by atoms with E-state index in [1.165, 1.54) is 17.0 Å². The average molecular weight is 317 g/mol. The molecule has 1 fully saturated rings. The molecule has 1 aromatic rings. The SMILES string of the molecule is C[NH+]1CCN(NC(=S)Nc2ccc(OC(F)F)cc2)CC1. The third-order valence-corrected chi connectivity index (χ3v) is 3.41. The van der Waals surface area contributed by atoms with Crippen molar-refractivity contribution < 1.29 is 18.4 Å². The number of hydrogen-bond acceptors (Lipinski definition) is 3. The van der Waals surface area contributed by atoms with Crippen LogP contribution in [0, 0.1) is 0 Å². The van der Waals surface area contributed by atoms with Crippen LogP contribution in [0.3, 0.4) is 0 Å². The Balaban J connectivity index is 1.79. The molecule has 3 N–H and O–H groups in total. The van der Waals surface area contributed by atoms with Gasteiger partial charge in [-0.2, -0.15) is 8.78 Å². The molecule has 1 saturated heterocycles. The van der Waals surface area contributed by atoms with Gasteiger partial charge in [-0.05, 0) is 36.5 Å². The molecule has 0 atom stereocenters. The van der Waals surface area contributed by atoms with Crippen LogP contribution in [-0.4, -0.2) is 50.0 Å². The van der Waals surface area contributed by atoms with E-state index in [0.29, 0.717) is 10.8 Å². The van der Waals surface area contributed by atoms with Crippen LogP contribution in [0.1, 0.15) is 0 Å². The zero-order valence-corrected chi connectivity index (χ0v) is 12.6. The summed E-state index contributed by atoms with van der Waals surface area (Å²) < 4.78 is 28.4. The maximum Gasteiger partial charge on any atom is 0.387 e. The number of anilines is 1. The molecule has 1 heterocycles. The highest BCUT2D eigenvalue weighted by molar-refractivity contribution is 7.80. The monoisotopic (exact) mass is 317 g/mol. The van der Waals surface area contributed by atoms with Gasteiger partial charge in [-0.15, -0.1) is 0 Å². The molecule has 2 rings (SSSR count). The summed E-state index contributed by atoms with van der Waals surface area (Å²) in [6.45, 7) is 1.17. The summed E-state index contributed by atoms with van der Waals surface area (Å²) in [6, 6.07) is 6.21. The molecule has 0 saturated carbocycles. The summed E-state index contributed by atoms with van der Waals surface area (Å²) in [5.74, 6) is 0.122. The van der Waals surface area contributed by atoms with Crippen LogP contribution in [0.2, 0.25) is 0 Å². The first-order valence-corrected chi connectivity index (χ1v) is 7.12. The van der Waals surface area contributed by atoms with Crippen LogP contribution in [0.5, 0.6) is 5.75 Å². The Kier molecular flexibility index (Phi) is 5.66. The fourth-order valence-electron chi connectivity index (χ4n) is 2.02. The van der Waals surface area contributed by atoms with E-state index in [9.17, 15) is 8.78 Å². The Hall–Kier alpha value is -1.51. The third-order valence-electron chi connectivity index (χ3n) is 3.21. The number of benzene rings is 1. The van der Waals surface area contributed by atoms with Crippen molar-refractivity contribution >= 4 is 23.0 Å². The van der Waals surface area contributed by atoms with Crippen molar-refractivity contribution in [3.8, 4) is 5.75 Å². The number of quaternary nitrogens is 1. The van der Waals surface area contributed by atoms with Crippen LogP contribution in [-0.2, 0) is 0 Å². The number of ether oxygens (including phenoxy) is 1. The molecular weight excluding hydrogens is 298 g/mol. The smallest absolute Gasteiger partial charge is 0.387 e. The van der Waals surface area contributed by atoms with Gasteiger partial charge in [-0.1, -0.05) is 0 Å². The van der Waals surface area contributed by atoms with Crippen LogP contribution in [0.15, 0.2) is 24.3 Å². The van der Waals surface area contributed by atoms with Gasteiger partial charge in [0.15, 0.2) is 5.11 Å². The predicted molar refractivity (Wildman–Crippen MR) is 80.6 cm³/mol. The maximum atomic E-state index is 12.0. The lowest BCUT2D eigenvalue weighted by Gasteiger charge is -2.31. The molecule has 1 aliphatic heterocycles. The predicted octanol–water partition coefficient (Wildman–Crippen LogP) is 0.320. The topological polar surface area (TPSA) is 41.0 Å². The number of rotatable bonds is 4. The number of likely N-dealkylation sites (N-methyl/N-ethyl adjacent to an activating group) is 1. The summed E-state index contributed by atoms with van der Waals surface area (Å²) in [7, 11) is 2.16. The van der Waals surface area contributed by atoms with E-state index in [4.69, 9.17) is 12.2 Å². The van der Waals surface area contributed by atoms with Crippen molar-refractivity contribution in [2.75, 3.05) is 38.5 Å². The van der Waals surface area contributed by atoms with Gasteiger partial charge in [0.05, 0.1) is 33.2 Å². The minimum atomic E-state index is -2.81. The average Bonchev–Trinajstić information content (AvgIpc) is 2.43. The second kappa shape index (κ2) is 7.48. The molecule has 0 radical (unpaired) electrons.